The monoisotopic (exact) mass is 245 g/mol. The maximum absolute atomic E-state index is 11.6. The van der Waals surface area contributed by atoms with Crippen LogP contribution in [0.2, 0.25) is 0 Å². The van der Waals surface area contributed by atoms with E-state index >= 15 is 0 Å². The molecule has 0 spiro atoms. The Morgan fingerprint density at radius 3 is 2.67 bits per heavy atom. The lowest BCUT2D eigenvalue weighted by molar-refractivity contribution is 0.467. The van der Waals surface area contributed by atoms with Gasteiger partial charge in [-0.3, -0.25) is 4.57 Å². The Hall–Kier alpha value is -1.77. The van der Waals surface area contributed by atoms with Gasteiger partial charge in [-0.05, 0) is 12.0 Å². The summed E-state index contributed by atoms with van der Waals surface area (Å²) in [5, 5.41) is 0. The van der Waals surface area contributed by atoms with Gasteiger partial charge in [0, 0.05) is 13.0 Å². The average Bonchev–Trinajstić information content (AvgIpc) is 2.73. The molecule has 3 nitrogen and oxygen atoms in total. The van der Waals surface area contributed by atoms with Crippen molar-refractivity contribution in [3.8, 4) is 0 Å². The van der Waals surface area contributed by atoms with Crippen molar-refractivity contribution in [2.45, 2.75) is 39.2 Å². The van der Waals surface area contributed by atoms with E-state index in [4.69, 9.17) is 4.42 Å². The zero-order chi connectivity index (χ0) is 12.8. The lowest BCUT2D eigenvalue weighted by atomic mass is 10.1. The third kappa shape index (κ3) is 3.13. The summed E-state index contributed by atoms with van der Waals surface area (Å²) in [6.45, 7) is 2.91. The SMILES string of the molecule is CCCCCn1c(Cc2ccccc2)coc1=O. The minimum absolute atomic E-state index is 0.239. The molecule has 1 aromatic carbocycles. The number of hydrogen-bond acceptors (Lipinski definition) is 2. The second-order valence-electron chi connectivity index (χ2n) is 4.51. The van der Waals surface area contributed by atoms with E-state index in [2.05, 4.69) is 19.1 Å². The van der Waals surface area contributed by atoms with Crippen LogP contribution in [-0.4, -0.2) is 4.57 Å². The molecule has 96 valence electrons. The largest absolute Gasteiger partial charge is 0.419 e. The highest BCUT2D eigenvalue weighted by molar-refractivity contribution is 5.20. The number of hydrogen-bond donors (Lipinski definition) is 0. The van der Waals surface area contributed by atoms with E-state index in [9.17, 15) is 4.79 Å². The third-order valence-electron chi connectivity index (χ3n) is 3.08. The molecule has 1 aromatic heterocycles. The van der Waals surface area contributed by atoms with Gasteiger partial charge in [-0.2, -0.15) is 0 Å². The molecular weight excluding hydrogens is 226 g/mol. The van der Waals surface area contributed by atoms with Crippen molar-refractivity contribution in [2.75, 3.05) is 0 Å². The maximum atomic E-state index is 11.6. The summed E-state index contributed by atoms with van der Waals surface area (Å²) in [4.78, 5) is 11.6. The first-order valence-corrected chi connectivity index (χ1v) is 6.52. The smallest absolute Gasteiger partial charge is 0.416 e. The molecular formula is C15H19NO2. The Morgan fingerprint density at radius 1 is 1.17 bits per heavy atom. The highest BCUT2D eigenvalue weighted by atomic mass is 16.4. The van der Waals surface area contributed by atoms with E-state index in [0.717, 1.165) is 37.9 Å². The molecule has 0 unspecified atom stereocenters. The van der Waals surface area contributed by atoms with Crippen LogP contribution in [0, 0.1) is 0 Å². The lowest BCUT2D eigenvalue weighted by Crippen LogP contribution is -2.17. The van der Waals surface area contributed by atoms with Gasteiger partial charge in [0.2, 0.25) is 0 Å². The molecule has 0 aliphatic carbocycles. The van der Waals surface area contributed by atoms with Crippen molar-refractivity contribution in [1.82, 2.24) is 4.57 Å². The normalized spacial score (nSPS) is 10.7. The van der Waals surface area contributed by atoms with Gasteiger partial charge in [0.25, 0.3) is 0 Å². The van der Waals surface area contributed by atoms with Crippen LogP contribution >= 0.6 is 0 Å². The van der Waals surface area contributed by atoms with Crippen LogP contribution in [0.1, 0.15) is 37.4 Å². The highest BCUT2D eigenvalue weighted by Gasteiger charge is 2.08. The van der Waals surface area contributed by atoms with Gasteiger partial charge in [0.05, 0.1) is 5.69 Å². The molecule has 2 aromatic rings. The highest BCUT2D eigenvalue weighted by Crippen LogP contribution is 2.09. The standard InChI is InChI=1S/C15H19NO2/c1-2-3-7-10-16-14(12-18-15(16)17)11-13-8-5-4-6-9-13/h4-6,8-9,12H,2-3,7,10-11H2,1H3. The first kappa shape index (κ1) is 12.7. The minimum Gasteiger partial charge on any atom is -0.416 e. The van der Waals surface area contributed by atoms with Crippen molar-refractivity contribution in [3.63, 3.8) is 0 Å². The predicted molar refractivity (Wildman–Crippen MR) is 71.7 cm³/mol. The molecule has 2 rings (SSSR count). The molecule has 0 atom stereocenters. The molecule has 3 heteroatoms. The van der Waals surface area contributed by atoms with Crippen molar-refractivity contribution in [1.29, 1.82) is 0 Å². The van der Waals surface area contributed by atoms with Gasteiger partial charge in [0.1, 0.15) is 6.26 Å². The Morgan fingerprint density at radius 2 is 1.94 bits per heavy atom. The fourth-order valence-electron chi connectivity index (χ4n) is 2.06. The summed E-state index contributed by atoms with van der Waals surface area (Å²) in [6, 6.07) is 10.1. The second kappa shape index (κ2) is 6.24. The Balaban J connectivity index is 2.11. The van der Waals surface area contributed by atoms with Gasteiger partial charge in [-0.25, -0.2) is 4.79 Å². The Kier molecular flexibility index (Phi) is 4.40. The molecule has 0 radical (unpaired) electrons. The van der Waals surface area contributed by atoms with Crippen LogP contribution in [0.4, 0.5) is 0 Å². The Bertz CT molecular complexity index is 525. The number of nitrogens with zero attached hydrogens (tertiary/aromatic N) is 1. The molecule has 0 saturated carbocycles. The fourth-order valence-corrected chi connectivity index (χ4v) is 2.06. The number of aromatic nitrogens is 1. The zero-order valence-corrected chi connectivity index (χ0v) is 10.8. The topological polar surface area (TPSA) is 35.1 Å². The van der Waals surface area contributed by atoms with Gasteiger partial charge in [0.15, 0.2) is 0 Å². The molecule has 0 aliphatic rings. The molecule has 0 N–H and O–H groups in total. The molecule has 0 bridgehead atoms. The van der Waals surface area contributed by atoms with Crippen molar-refractivity contribution < 1.29 is 4.42 Å². The number of rotatable bonds is 6. The van der Waals surface area contributed by atoms with Crippen LogP contribution in [0.15, 0.2) is 45.8 Å². The summed E-state index contributed by atoms with van der Waals surface area (Å²) < 4.78 is 6.76. The maximum Gasteiger partial charge on any atom is 0.419 e. The van der Waals surface area contributed by atoms with Crippen LogP contribution in [0.5, 0.6) is 0 Å². The summed E-state index contributed by atoms with van der Waals surface area (Å²) in [7, 11) is 0. The van der Waals surface area contributed by atoms with Crippen molar-refractivity contribution in [2.24, 2.45) is 0 Å². The van der Waals surface area contributed by atoms with E-state index in [1.807, 2.05) is 18.2 Å². The first-order valence-electron chi connectivity index (χ1n) is 6.52. The molecule has 0 fully saturated rings. The molecule has 0 saturated heterocycles. The number of oxazole rings is 1. The molecule has 1 heterocycles. The quantitative estimate of drug-likeness (QED) is 0.732. The molecule has 0 amide bonds. The summed E-state index contributed by atoms with van der Waals surface area (Å²) >= 11 is 0. The fraction of sp³-hybridized carbons (Fsp3) is 0.400. The van der Waals surface area contributed by atoms with E-state index in [0.29, 0.717) is 0 Å². The van der Waals surface area contributed by atoms with Crippen LogP contribution in [-0.2, 0) is 13.0 Å². The van der Waals surface area contributed by atoms with Crippen molar-refractivity contribution >= 4 is 0 Å². The first-order chi connectivity index (χ1) is 8.81. The zero-order valence-electron chi connectivity index (χ0n) is 10.8. The summed E-state index contributed by atoms with van der Waals surface area (Å²) in [6.07, 6.45) is 5.65. The van der Waals surface area contributed by atoms with Gasteiger partial charge < -0.3 is 4.42 Å². The van der Waals surface area contributed by atoms with E-state index < -0.39 is 0 Å². The third-order valence-corrected chi connectivity index (χ3v) is 3.08. The molecule has 18 heavy (non-hydrogen) atoms. The van der Waals surface area contributed by atoms with Gasteiger partial charge in [-0.1, -0.05) is 50.1 Å². The summed E-state index contributed by atoms with van der Waals surface area (Å²) in [5.74, 6) is -0.239. The van der Waals surface area contributed by atoms with E-state index in [-0.39, 0.29) is 5.76 Å². The predicted octanol–water partition coefficient (Wildman–Crippen LogP) is 3.22. The minimum atomic E-state index is -0.239. The van der Waals surface area contributed by atoms with Crippen LogP contribution in [0.3, 0.4) is 0 Å². The average molecular weight is 245 g/mol. The van der Waals surface area contributed by atoms with E-state index in [1.54, 1.807) is 10.8 Å². The van der Waals surface area contributed by atoms with Gasteiger partial charge in [-0.15, -0.1) is 0 Å². The Labute approximate surface area is 107 Å². The lowest BCUT2D eigenvalue weighted by Gasteiger charge is -2.05. The van der Waals surface area contributed by atoms with Crippen molar-refractivity contribution in [3.05, 3.63) is 58.4 Å². The number of unbranched alkanes of at least 4 members (excludes halogenated alkanes) is 2. The molecule has 0 aliphatic heterocycles. The summed E-state index contributed by atoms with van der Waals surface area (Å²) in [5.41, 5.74) is 2.16. The van der Waals surface area contributed by atoms with Crippen LogP contribution < -0.4 is 5.76 Å². The van der Waals surface area contributed by atoms with E-state index in [1.165, 1.54) is 5.56 Å². The second-order valence-corrected chi connectivity index (χ2v) is 4.51. The number of benzene rings is 1. The van der Waals surface area contributed by atoms with Gasteiger partial charge >= 0.3 is 5.76 Å². The van der Waals surface area contributed by atoms with Crippen LogP contribution in [0.25, 0.3) is 0 Å².